The van der Waals surface area contributed by atoms with Crippen LogP contribution in [-0.2, 0) is 17.0 Å². The minimum Gasteiger partial charge on any atom is -0.385 e. The van der Waals surface area contributed by atoms with Crippen LogP contribution in [0.2, 0.25) is 5.02 Å². The predicted octanol–water partition coefficient (Wildman–Crippen LogP) is 3.90. The van der Waals surface area contributed by atoms with Crippen LogP contribution in [0.5, 0.6) is 0 Å². The number of hydrogen-bond donors (Lipinski definition) is 0. The Kier molecular flexibility index (Phi) is 6.73. The van der Waals surface area contributed by atoms with E-state index >= 15 is 0 Å². The number of methoxy groups -OCH3 is 1. The van der Waals surface area contributed by atoms with E-state index in [4.69, 9.17) is 16.3 Å². The first-order valence-corrected chi connectivity index (χ1v) is 10.8. The molecule has 2 aromatic carbocycles. The fourth-order valence-electron chi connectivity index (χ4n) is 3.00. The lowest BCUT2D eigenvalue weighted by Gasteiger charge is -2.11. The molecule has 0 bridgehead atoms. The molecule has 0 saturated carbocycles. The van der Waals surface area contributed by atoms with Gasteiger partial charge in [0, 0.05) is 25.8 Å². The van der Waals surface area contributed by atoms with Crippen LogP contribution in [-0.4, -0.2) is 48.7 Å². The molecule has 0 unspecified atom stereocenters. The molecule has 4 rings (SSSR count). The molecule has 0 aliphatic carbocycles. The Morgan fingerprint density at radius 1 is 1.00 bits per heavy atom. The van der Waals surface area contributed by atoms with Crippen molar-refractivity contribution in [2.24, 2.45) is 0 Å². The largest absolute Gasteiger partial charge is 0.385 e. The van der Waals surface area contributed by atoms with Gasteiger partial charge in [-0.3, -0.25) is 0 Å². The molecule has 0 saturated heterocycles. The van der Waals surface area contributed by atoms with Crippen molar-refractivity contribution in [3.63, 3.8) is 0 Å². The SMILES string of the molecule is COCCCn1c(SCc2nnnn2-c2ccccc2)nnc1-c1ccccc1Cl. The zero-order valence-electron chi connectivity index (χ0n) is 16.3. The molecule has 0 fully saturated rings. The summed E-state index contributed by atoms with van der Waals surface area (Å²) < 4.78 is 9.02. The molecule has 0 N–H and O–H groups in total. The normalized spacial score (nSPS) is 11.1. The molecule has 0 aliphatic heterocycles. The molecule has 8 nitrogen and oxygen atoms in total. The third kappa shape index (κ3) is 4.53. The van der Waals surface area contributed by atoms with E-state index in [1.807, 2.05) is 54.6 Å². The van der Waals surface area contributed by atoms with Gasteiger partial charge >= 0.3 is 0 Å². The lowest BCUT2D eigenvalue weighted by Crippen LogP contribution is -2.06. The van der Waals surface area contributed by atoms with E-state index in [9.17, 15) is 0 Å². The monoisotopic (exact) mass is 441 g/mol. The number of rotatable bonds is 9. The Labute approximate surface area is 183 Å². The third-order valence-corrected chi connectivity index (χ3v) is 5.72. The molecule has 2 heterocycles. The molecule has 0 aliphatic rings. The Morgan fingerprint density at radius 3 is 2.60 bits per heavy atom. The number of para-hydroxylation sites is 1. The highest BCUT2D eigenvalue weighted by Crippen LogP contribution is 2.30. The van der Waals surface area contributed by atoms with Crippen LogP contribution in [0.1, 0.15) is 12.2 Å². The van der Waals surface area contributed by atoms with Crippen molar-refractivity contribution in [1.82, 2.24) is 35.0 Å². The molecule has 0 atom stereocenters. The summed E-state index contributed by atoms with van der Waals surface area (Å²) in [5.74, 6) is 2.02. The van der Waals surface area contributed by atoms with Crippen LogP contribution in [0, 0.1) is 0 Å². The predicted molar refractivity (Wildman–Crippen MR) is 116 cm³/mol. The maximum Gasteiger partial charge on any atom is 0.191 e. The molecule has 30 heavy (non-hydrogen) atoms. The van der Waals surface area contributed by atoms with Crippen molar-refractivity contribution in [3.8, 4) is 17.1 Å². The van der Waals surface area contributed by atoms with Crippen LogP contribution in [0.3, 0.4) is 0 Å². The quantitative estimate of drug-likeness (QED) is 0.287. The second-order valence-electron chi connectivity index (χ2n) is 6.42. The molecular formula is C20H20ClN7OS. The molecule has 0 amide bonds. The van der Waals surface area contributed by atoms with Crippen LogP contribution >= 0.6 is 23.4 Å². The van der Waals surface area contributed by atoms with Crippen molar-refractivity contribution >= 4 is 23.4 Å². The topological polar surface area (TPSA) is 83.5 Å². The first kappa shape index (κ1) is 20.5. The number of aromatic nitrogens is 7. The lowest BCUT2D eigenvalue weighted by molar-refractivity contribution is 0.189. The van der Waals surface area contributed by atoms with Gasteiger partial charge in [0.1, 0.15) is 0 Å². The maximum absolute atomic E-state index is 6.41. The van der Waals surface area contributed by atoms with Gasteiger partial charge in [0.05, 0.1) is 16.5 Å². The van der Waals surface area contributed by atoms with E-state index in [-0.39, 0.29) is 0 Å². The van der Waals surface area contributed by atoms with E-state index in [2.05, 4.69) is 30.3 Å². The number of benzene rings is 2. The highest BCUT2D eigenvalue weighted by Gasteiger charge is 2.18. The average Bonchev–Trinajstić information content (AvgIpc) is 3.40. The highest BCUT2D eigenvalue weighted by molar-refractivity contribution is 7.98. The van der Waals surface area contributed by atoms with Gasteiger partial charge in [0.25, 0.3) is 0 Å². The summed E-state index contributed by atoms with van der Waals surface area (Å²) in [4.78, 5) is 0. The van der Waals surface area contributed by atoms with E-state index < -0.39 is 0 Å². The first-order valence-electron chi connectivity index (χ1n) is 9.40. The van der Waals surface area contributed by atoms with Crippen molar-refractivity contribution in [3.05, 3.63) is 65.4 Å². The van der Waals surface area contributed by atoms with Gasteiger partial charge in [-0.15, -0.1) is 15.3 Å². The fourth-order valence-corrected chi connectivity index (χ4v) is 4.09. The van der Waals surface area contributed by atoms with Gasteiger partial charge in [-0.2, -0.15) is 4.68 Å². The van der Waals surface area contributed by atoms with Gasteiger partial charge in [-0.1, -0.05) is 53.7 Å². The summed E-state index contributed by atoms with van der Waals surface area (Å²) >= 11 is 7.94. The van der Waals surface area contributed by atoms with Crippen LogP contribution in [0.25, 0.3) is 17.1 Å². The Morgan fingerprint density at radius 2 is 1.80 bits per heavy atom. The van der Waals surface area contributed by atoms with Gasteiger partial charge in [-0.25, -0.2) is 0 Å². The van der Waals surface area contributed by atoms with E-state index in [1.54, 1.807) is 11.8 Å². The molecule has 154 valence electrons. The first-order chi connectivity index (χ1) is 14.8. The number of hydrogen-bond acceptors (Lipinski definition) is 7. The van der Waals surface area contributed by atoms with E-state index in [1.165, 1.54) is 11.8 Å². The molecule has 2 aromatic heterocycles. The van der Waals surface area contributed by atoms with Gasteiger partial charge in [-0.05, 0) is 41.1 Å². The van der Waals surface area contributed by atoms with Crippen LogP contribution < -0.4 is 0 Å². The molecule has 4 aromatic rings. The molecule has 10 heteroatoms. The summed E-state index contributed by atoms with van der Waals surface area (Å²) in [6, 6.07) is 17.4. The van der Waals surface area contributed by atoms with Crippen LogP contribution in [0.4, 0.5) is 0 Å². The lowest BCUT2D eigenvalue weighted by atomic mass is 10.2. The number of halogens is 1. The van der Waals surface area contributed by atoms with Crippen molar-refractivity contribution in [2.45, 2.75) is 23.9 Å². The smallest absolute Gasteiger partial charge is 0.191 e. The molecule has 0 radical (unpaired) electrons. The average molecular weight is 442 g/mol. The Hall–Kier alpha value is -2.75. The molecular weight excluding hydrogens is 422 g/mol. The van der Waals surface area contributed by atoms with E-state index in [0.717, 1.165) is 34.5 Å². The minimum absolute atomic E-state index is 0.548. The van der Waals surface area contributed by atoms with Crippen LogP contribution in [0.15, 0.2) is 59.8 Å². The van der Waals surface area contributed by atoms with E-state index in [0.29, 0.717) is 23.9 Å². The summed E-state index contributed by atoms with van der Waals surface area (Å²) in [5, 5.41) is 22.4. The number of thioether (sulfide) groups is 1. The number of nitrogens with zero attached hydrogens (tertiary/aromatic N) is 7. The van der Waals surface area contributed by atoms with Crippen molar-refractivity contribution in [2.75, 3.05) is 13.7 Å². The summed E-state index contributed by atoms with van der Waals surface area (Å²) in [7, 11) is 1.69. The summed E-state index contributed by atoms with van der Waals surface area (Å²) in [5.41, 5.74) is 1.77. The number of tetrazole rings is 1. The third-order valence-electron chi connectivity index (χ3n) is 4.43. The van der Waals surface area contributed by atoms with Crippen molar-refractivity contribution < 1.29 is 4.74 Å². The Balaban J connectivity index is 1.59. The second kappa shape index (κ2) is 9.84. The molecule has 0 spiro atoms. The summed E-state index contributed by atoms with van der Waals surface area (Å²) in [6.07, 6.45) is 0.835. The van der Waals surface area contributed by atoms with Gasteiger partial charge < -0.3 is 9.30 Å². The standard InChI is InChI=1S/C20H20ClN7OS/c1-29-13-7-12-27-19(16-10-5-6-11-17(16)21)23-24-20(27)30-14-18-22-25-26-28(18)15-8-3-2-4-9-15/h2-6,8-11H,7,12-14H2,1H3. The van der Waals surface area contributed by atoms with Gasteiger partial charge in [0.15, 0.2) is 16.8 Å². The highest BCUT2D eigenvalue weighted by atomic mass is 35.5. The zero-order valence-corrected chi connectivity index (χ0v) is 17.9. The van der Waals surface area contributed by atoms with Gasteiger partial charge in [0.2, 0.25) is 0 Å². The summed E-state index contributed by atoms with van der Waals surface area (Å²) in [6.45, 7) is 1.36. The second-order valence-corrected chi connectivity index (χ2v) is 7.76. The zero-order chi connectivity index (χ0) is 20.8. The minimum atomic E-state index is 0.548. The fraction of sp³-hybridized carbons (Fsp3) is 0.250. The van der Waals surface area contributed by atoms with Crippen molar-refractivity contribution in [1.29, 1.82) is 0 Å². The maximum atomic E-state index is 6.41. The Bertz CT molecular complexity index is 1100. The number of ether oxygens (including phenoxy) is 1.